The molecule has 2 aromatic rings. The van der Waals surface area contributed by atoms with Crippen LogP contribution in [0.1, 0.15) is 29.8 Å². The van der Waals surface area contributed by atoms with Crippen LogP contribution in [0.3, 0.4) is 0 Å². The first-order valence-electron chi connectivity index (χ1n) is 10.8. The van der Waals surface area contributed by atoms with Crippen LogP contribution in [-0.2, 0) is 9.84 Å². The maximum absolute atomic E-state index is 12.0. The van der Waals surface area contributed by atoms with Crippen molar-refractivity contribution in [2.45, 2.75) is 29.4 Å². The van der Waals surface area contributed by atoms with Gasteiger partial charge in [-0.25, -0.2) is 18.8 Å². The molecule has 0 aliphatic carbocycles. The second-order valence-electron chi connectivity index (χ2n) is 8.62. The Balaban J connectivity index is 1.36. The van der Waals surface area contributed by atoms with E-state index in [1.54, 1.807) is 12.3 Å². The number of hydrogen-bond donors (Lipinski definition) is 4. The fourth-order valence-electron chi connectivity index (χ4n) is 4.83. The predicted octanol–water partition coefficient (Wildman–Crippen LogP) is 0.158. The van der Waals surface area contributed by atoms with E-state index in [-0.39, 0.29) is 23.0 Å². The number of piperazine rings is 1. The second kappa shape index (κ2) is 8.44. The van der Waals surface area contributed by atoms with Crippen molar-refractivity contribution in [2.24, 2.45) is 5.92 Å². The van der Waals surface area contributed by atoms with Gasteiger partial charge in [0.05, 0.1) is 16.6 Å². The molecule has 3 fully saturated rings. The molecule has 5 heterocycles. The van der Waals surface area contributed by atoms with Gasteiger partial charge in [-0.15, -0.1) is 0 Å². The lowest BCUT2D eigenvalue weighted by atomic mass is 9.81. The number of nitrogens with one attached hydrogen (secondary N) is 4. The molecule has 0 bridgehead atoms. The minimum absolute atomic E-state index is 0.0519. The fraction of sp³-hybridized carbons (Fsp3) is 0.524. The van der Waals surface area contributed by atoms with Crippen molar-refractivity contribution < 1.29 is 8.42 Å². The molecule has 166 valence electrons. The van der Waals surface area contributed by atoms with Gasteiger partial charge in [0, 0.05) is 69.4 Å². The van der Waals surface area contributed by atoms with E-state index in [0.29, 0.717) is 5.92 Å². The van der Waals surface area contributed by atoms with Crippen molar-refractivity contribution in [2.75, 3.05) is 43.9 Å². The van der Waals surface area contributed by atoms with E-state index in [1.807, 2.05) is 0 Å². The lowest BCUT2D eigenvalue weighted by Crippen LogP contribution is -2.46. The van der Waals surface area contributed by atoms with Crippen LogP contribution < -0.4 is 26.4 Å². The Morgan fingerprint density at radius 3 is 2.77 bits per heavy atom. The molecule has 2 aromatic heterocycles. The first-order valence-corrected chi connectivity index (χ1v) is 12.7. The van der Waals surface area contributed by atoms with Gasteiger partial charge in [0.1, 0.15) is 5.82 Å². The van der Waals surface area contributed by atoms with Gasteiger partial charge in [0.25, 0.3) is 0 Å². The van der Waals surface area contributed by atoms with E-state index in [9.17, 15) is 8.42 Å². The second-order valence-corrected chi connectivity index (χ2v) is 10.6. The molecular formula is C21H29N7O2S. The van der Waals surface area contributed by atoms with Crippen LogP contribution in [0.25, 0.3) is 0 Å². The lowest BCUT2D eigenvalue weighted by Gasteiger charge is -2.34. The van der Waals surface area contributed by atoms with Gasteiger partial charge in [-0.05, 0) is 30.2 Å². The van der Waals surface area contributed by atoms with Crippen LogP contribution in [0.4, 0.5) is 5.82 Å². The van der Waals surface area contributed by atoms with E-state index in [1.165, 1.54) is 12.5 Å². The fourth-order valence-corrected chi connectivity index (χ4v) is 5.43. The highest BCUT2D eigenvalue weighted by atomic mass is 32.2. The topological polar surface area (TPSA) is 111 Å². The van der Waals surface area contributed by atoms with Crippen molar-refractivity contribution in [3.05, 3.63) is 47.9 Å². The summed E-state index contributed by atoms with van der Waals surface area (Å²) in [6.45, 7) is 4.68. The summed E-state index contributed by atoms with van der Waals surface area (Å²) in [7, 11) is -3.28. The number of sulfone groups is 1. The average Bonchev–Trinajstić information content (AvgIpc) is 3.23. The van der Waals surface area contributed by atoms with Crippen LogP contribution in [0, 0.1) is 5.92 Å². The van der Waals surface area contributed by atoms with Crippen LogP contribution >= 0.6 is 0 Å². The van der Waals surface area contributed by atoms with Gasteiger partial charge in [0.15, 0.2) is 9.84 Å². The molecule has 5 rings (SSSR count). The summed E-state index contributed by atoms with van der Waals surface area (Å²) in [5.41, 5.74) is 8.84. The molecule has 0 saturated carbocycles. The Hall–Kier alpha value is -2.11. The molecule has 4 atom stereocenters. The molecule has 3 aliphatic heterocycles. The van der Waals surface area contributed by atoms with Crippen LogP contribution in [0.15, 0.2) is 41.6 Å². The zero-order chi connectivity index (χ0) is 21.4. The van der Waals surface area contributed by atoms with Crippen LogP contribution in [0.2, 0.25) is 0 Å². The largest absolute Gasteiger partial charge is 0.354 e. The summed E-state index contributed by atoms with van der Waals surface area (Å²) in [6.07, 6.45) is 5.26. The van der Waals surface area contributed by atoms with Gasteiger partial charge in [-0.3, -0.25) is 10.4 Å². The zero-order valence-electron chi connectivity index (χ0n) is 17.6. The average molecular weight is 444 g/mol. The number of rotatable bonds is 4. The smallest absolute Gasteiger partial charge is 0.177 e. The molecule has 4 unspecified atom stereocenters. The number of aromatic nitrogens is 2. The SMILES string of the molecule is CS(=O)(=O)c1cncc(C2CC3C(CN2)NNC3c2cccc(N3CCNCC3)n2)c1. The summed E-state index contributed by atoms with van der Waals surface area (Å²) in [5.74, 6) is 1.36. The van der Waals surface area contributed by atoms with E-state index >= 15 is 0 Å². The van der Waals surface area contributed by atoms with E-state index in [4.69, 9.17) is 4.98 Å². The minimum Gasteiger partial charge on any atom is -0.354 e. The number of pyridine rings is 2. The molecule has 4 N–H and O–H groups in total. The number of fused-ring (bicyclic) bond motifs is 1. The third-order valence-electron chi connectivity index (χ3n) is 6.54. The lowest BCUT2D eigenvalue weighted by molar-refractivity contribution is 0.265. The van der Waals surface area contributed by atoms with Gasteiger partial charge < -0.3 is 15.5 Å². The van der Waals surface area contributed by atoms with Crippen molar-refractivity contribution in [3.63, 3.8) is 0 Å². The predicted molar refractivity (Wildman–Crippen MR) is 118 cm³/mol. The summed E-state index contributed by atoms with van der Waals surface area (Å²) >= 11 is 0. The first kappa shape index (κ1) is 20.8. The quantitative estimate of drug-likeness (QED) is 0.525. The van der Waals surface area contributed by atoms with Crippen molar-refractivity contribution in [3.8, 4) is 0 Å². The molecule has 3 aliphatic rings. The van der Waals surface area contributed by atoms with Gasteiger partial charge in [0.2, 0.25) is 0 Å². The molecule has 0 radical (unpaired) electrons. The molecular weight excluding hydrogens is 414 g/mol. The standard InChI is InChI=1S/C21H29N7O2S/c1-31(29,30)15-9-14(11-23-12-15)18-10-16-19(13-24-18)26-27-21(16)17-3-2-4-20(25-17)28-7-5-22-6-8-28/h2-4,9,11-12,16,18-19,21-22,24,26-27H,5-8,10,13H2,1H3. The third-order valence-corrected chi connectivity index (χ3v) is 7.62. The van der Waals surface area contributed by atoms with Gasteiger partial charge in [-0.1, -0.05) is 6.07 Å². The maximum atomic E-state index is 12.0. The Labute approximate surface area is 182 Å². The van der Waals surface area contributed by atoms with Gasteiger partial charge >= 0.3 is 0 Å². The summed E-state index contributed by atoms with van der Waals surface area (Å²) in [5, 5.41) is 6.93. The third kappa shape index (κ3) is 4.31. The van der Waals surface area contributed by atoms with Crippen molar-refractivity contribution in [1.82, 2.24) is 31.5 Å². The Morgan fingerprint density at radius 1 is 1.13 bits per heavy atom. The summed E-state index contributed by atoms with van der Waals surface area (Å²) in [4.78, 5) is 11.8. The number of anilines is 1. The minimum atomic E-state index is -3.28. The Morgan fingerprint density at radius 2 is 1.97 bits per heavy atom. The first-order chi connectivity index (χ1) is 15.0. The van der Waals surface area contributed by atoms with E-state index < -0.39 is 9.84 Å². The molecule has 0 amide bonds. The maximum Gasteiger partial charge on any atom is 0.177 e. The highest BCUT2D eigenvalue weighted by Crippen LogP contribution is 2.38. The molecule has 0 spiro atoms. The zero-order valence-corrected chi connectivity index (χ0v) is 18.4. The monoisotopic (exact) mass is 443 g/mol. The van der Waals surface area contributed by atoms with Crippen LogP contribution in [0.5, 0.6) is 0 Å². The molecule has 3 saturated heterocycles. The highest BCUT2D eigenvalue weighted by molar-refractivity contribution is 7.90. The number of piperidine rings is 1. The van der Waals surface area contributed by atoms with E-state index in [0.717, 1.165) is 56.2 Å². The highest BCUT2D eigenvalue weighted by Gasteiger charge is 2.42. The normalized spacial score (nSPS) is 29.0. The van der Waals surface area contributed by atoms with Crippen LogP contribution in [-0.4, -0.2) is 63.4 Å². The Kier molecular flexibility index (Phi) is 5.65. The molecule has 9 nitrogen and oxygen atoms in total. The Bertz CT molecular complexity index is 1040. The molecule has 10 heteroatoms. The van der Waals surface area contributed by atoms with Crippen molar-refractivity contribution >= 4 is 15.7 Å². The molecule has 31 heavy (non-hydrogen) atoms. The number of hydrogen-bond acceptors (Lipinski definition) is 9. The van der Waals surface area contributed by atoms with Gasteiger partial charge in [-0.2, -0.15) is 0 Å². The summed E-state index contributed by atoms with van der Waals surface area (Å²) in [6, 6.07) is 8.45. The summed E-state index contributed by atoms with van der Waals surface area (Å²) < 4.78 is 23.9. The number of nitrogens with zero attached hydrogens (tertiary/aromatic N) is 3. The molecule has 0 aromatic carbocycles. The number of hydrazine groups is 1. The van der Waals surface area contributed by atoms with Crippen molar-refractivity contribution in [1.29, 1.82) is 0 Å². The van der Waals surface area contributed by atoms with E-state index in [2.05, 4.69) is 49.6 Å².